The van der Waals surface area contributed by atoms with Gasteiger partial charge in [-0.05, 0) is 25.1 Å². The van der Waals surface area contributed by atoms with Crippen LogP contribution in [-0.4, -0.2) is 36.0 Å². The van der Waals surface area contributed by atoms with E-state index in [1.54, 1.807) is 6.20 Å². The number of benzene rings is 1. The molecule has 18 heavy (non-hydrogen) atoms. The number of hydrogen-bond donors (Lipinski definition) is 0. The molecule has 1 aromatic carbocycles. The third-order valence-electron chi connectivity index (χ3n) is 3.24. The van der Waals surface area contributed by atoms with Crippen LogP contribution in [0.25, 0.3) is 10.8 Å². The van der Waals surface area contributed by atoms with Gasteiger partial charge in [0.25, 0.3) is 0 Å². The molecule has 0 amide bonds. The van der Waals surface area contributed by atoms with Gasteiger partial charge in [0, 0.05) is 21.8 Å². The van der Waals surface area contributed by atoms with Crippen molar-refractivity contribution in [2.24, 2.45) is 0 Å². The molecule has 0 saturated carbocycles. The Morgan fingerprint density at radius 1 is 1.44 bits per heavy atom. The SMILES string of the molecule is CC1COCCN1c1nncc2cc(Br)ccc12. The highest BCUT2D eigenvalue weighted by molar-refractivity contribution is 9.10. The van der Waals surface area contributed by atoms with Gasteiger partial charge in [-0.15, -0.1) is 5.10 Å². The molecule has 0 aliphatic carbocycles. The molecular weight excluding hydrogens is 294 g/mol. The number of halogens is 1. The first-order chi connectivity index (χ1) is 8.75. The van der Waals surface area contributed by atoms with Crippen molar-refractivity contribution in [2.45, 2.75) is 13.0 Å². The molecule has 2 aromatic rings. The third-order valence-corrected chi connectivity index (χ3v) is 3.74. The monoisotopic (exact) mass is 307 g/mol. The highest BCUT2D eigenvalue weighted by Crippen LogP contribution is 2.28. The average Bonchev–Trinajstić information content (AvgIpc) is 2.38. The summed E-state index contributed by atoms with van der Waals surface area (Å²) in [6, 6.07) is 6.53. The lowest BCUT2D eigenvalue weighted by Gasteiger charge is -2.34. The number of nitrogens with zero attached hydrogens (tertiary/aromatic N) is 3. The summed E-state index contributed by atoms with van der Waals surface area (Å²) in [6.45, 7) is 4.51. The number of hydrogen-bond acceptors (Lipinski definition) is 4. The molecule has 1 saturated heterocycles. The first-order valence-electron chi connectivity index (χ1n) is 6.01. The second-order valence-corrected chi connectivity index (χ2v) is 5.43. The van der Waals surface area contributed by atoms with Crippen LogP contribution in [0.2, 0.25) is 0 Å². The summed E-state index contributed by atoms with van der Waals surface area (Å²) in [7, 11) is 0. The van der Waals surface area contributed by atoms with Gasteiger partial charge in [0.2, 0.25) is 0 Å². The van der Waals surface area contributed by atoms with Crippen molar-refractivity contribution >= 4 is 32.5 Å². The van der Waals surface area contributed by atoms with Gasteiger partial charge in [0.15, 0.2) is 5.82 Å². The summed E-state index contributed by atoms with van der Waals surface area (Å²) in [4.78, 5) is 2.27. The third kappa shape index (κ3) is 2.08. The number of aromatic nitrogens is 2. The Morgan fingerprint density at radius 3 is 3.17 bits per heavy atom. The Morgan fingerprint density at radius 2 is 2.33 bits per heavy atom. The Hall–Kier alpha value is -1.20. The van der Waals surface area contributed by atoms with Crippen molar-refractivity contribution in [3.63, 3.8) is 0 Å². The highest BCUT2D eigenvalue weighted by Gasteiger charge is 2.22. The predicted molar refractivity (Wildman–Crippen MR) is 74.9 cm³/mol. The Labute approximate surface area is 114 Å². The van der Waals surface area contributed by atoms with E-state index in [0.717, 1.165) is 40.8 Å². The lowest BCUT2D eigenvalue weighted by molar-refractivity contribution is 0.0986. The van der Waals surface area contributed by atoms with Crippen molar-refractivity contribution in [1.29, 1.82) is 0 Å². The van der Waals surface area contributed by atoms with Crippen molar-refractivity contribution < 1.29 is 4.74 Å². The maximum absolute atomic E-state index is 5.47. The molecule has 1 aliphatic heterocycles. The molecule has 0 spiro atoms. The molecule has 1 atom stereocenters. The van der Waals surface area contributed by atoms with Crippen molar-refractivity contribution in [3.05, 3.63) is 28.9 Å². The summed E-state index contributed by atoms with van der Waals surface area (Å²) in [5.41, 5.74) is 0. The zero-order valence-corrected chi connectivity index (χ0v) is 11.7. The van der Waals surface area contributed by atoms with Gasteiger partial charge in [0.05, 0.1) is 25.5 Å². The first-order valence-corrected chi connectivity index (χ1v) is 6.80. The van der Waals surface area contributed by atoms with E-state index in [-0.39, 0.29) is 0 Å². The van der Waals surface area contributed by atoms with Crippen LogP contribution >= 0.6 is 15.9 Å². The number of rotatable bonds is 1. The maximum Gasteiger partial charge on any atom is 0.159 e. The fourth-order valence-corrected chi connectivity index (χ4v) is 2.68. The van der Waals surface area contributed by atoms with Crippen LogP contribution in [0.4, 0.5) is 5.82 Å². The molecule has 1 fully saturated rings. The number of ether oxygens (including phenoxy) is 1. The molecule has 1 aliphatic rings. The van der Waals surface area contributed by atoms with Gasteiger partial charge in [-0.25, -0.2) is 0 Å². The molecule has 4 nitrogen and oxygen atoms in total. The quantitative estimate of drug-likeness (QED) is 0.812. The van der Waals surface area contributed by atoms with Crippen molar-refractivity contribution in [2.75, 3.05) is 24.7 Å². The number of morpholine rings is 1. The Balaban J connectivity index is 2.10. The smallest absolute Gasteiger partial charge is 0.159 e. The van der Waals surface area contributed by atoms with Crippen LogP contribution < -0.4 is 4.90 Å². The van der Waals surface area contributed by atoms with Gasteiger partial charge in [0.1, 0.15) is 0 Å². The van der Waals surface area contributed by atoms with E-state index in [1.807, 2.05) is 6.07 Å². The van der Waals surface area contributed by atoms with Gasteiger partial charge in [-0.2, -0.15) is 5.10 Å². The van der Waals surface area contributed by atoms with Gasteiger partial charge in [-0.1, -0.05) is 15.9 Å². The molecule has 0 bridgehead atoms. The first kappa shape index (κ1) is 11.9. The molecule has 2 heterocycles. The van der Waals surface area contributed by atoms with Crippen molar-refractivity contribution in [3.8, 4) is 0 Å². The summed E-state index contributed by atoms with van der Waals surface area (Å²) in [5, 5.41) is 10.7. The van der Waals surface area contributed by atoms with Gasteiger partial charge < -0.3 is 9.64 Å². The van der Waals surface area contributed by atoms with E-state index >= 15 is 0 Å². The molecular formula is C13H14BrN3O. The average molecular weight is 308 g/mol. The number of fused-ring (bicyclic) bond motifs is 1. The fraction of sp³-hybridized carbons (Fsp3) is 0.385. The normalized spacial score (nSPS) is 20.3. The Bertz CT molecular complexity index is 575. The number of anilines is 1. The summed E-state index contributed by atoms with van der Waals surface area (Å²) >= 11 is 3.48. The van der Waals surface area contributed by atoms with Crippen LogP contribution in [-0.2, 0) is 4.74 Å². The van der Waals surface area contributed by atoms with Crippen LogP contribution in [0.15, 0.2) is 28.9 Å². The van der Waals surface area contributed by atoms with Crippen molar-refractivity contribution in [1.82, 2.24) is 10.2 Å². The summed E-state index contributed by atoms with van der Waals surface area (Å²) < 4.78 is 6.53. The zero-order chi connectivity index (χ0) is 12.5. The van der Waals surface area contributed by atoms with Crippen LogP contribution in [0, 0.1) is 0 Å². The lowest BCUT2D eigenvalue weighted by atomic mass is 10.1. The minimum atomic E-state index is 0.335. The van der Waals surface area contributed by atoms with Gasteiger partial charge >= 0.3 is 0 Å². The van der Waals surface area contributed by atoms with Crippen LogP contribution in [0.3, 0.4) is 0 Å². The van der Waals surface area contributed by atoms with E-state index in [4.69, 9.17) is 4.74 Å². The molecule has 1 unspecified atom stereocenters. The predicted octanol–water partition coefficient (Wildman–Crippen LogP) is 2.62. The Kier molecular flexibility index (Phi) is 3.18. The molecule has 0 N–H and O–H groups in total. The molecule has 5 heteroatoms. The maximum atomic E-state index is 5.47. The lowest BCUT2D eigenvalue weighted by Crippen LogP contribution is -2.44. The van der Waals surface area contributed by atoms with Crippen LogP contribution in [0.1, 0.15) is 6.92 Å². The van der Waals surface area contributed by atoms with E-state index in [2.05, 4.69) is 50.1 Å². The second-order valence-electron chi connectivity index (χ2n) is 4.52. The standard InChI is InChI=1S/C13H14BrN3O/c1-9-8-18-5-4-17(9)13-12-3-2-11(14)6-10(12)7-15-16-13/h2-3,6-7,9H,4-5,8H2,1H3. The second kappa shape index (κ2) is 4.82. The molecule has 3 rings (SSSR count). The molecule has 94 valence electrons. The fourth-order valence-electron chi connectivity index (χ4n) is 2.30. The summed E-state index contributed by atoms with van der Waals surface area (Å²) in [6.07, 6.45) is 1.80. The minimum Gasteiger partial charge on any atom is -0.377 e. The van der Waals surface area contributed by atoms with E-state index in [0.29, 0.717) is 6.04 Å². The summed E-state index contributed by atoms with van der Waals surface area (Å²) in [5.74, 6) is 0.954. The highest BCUT2D eigenvalue weighted by atomic mass is 79.9. The van der Waals surface area contributed by atoms with E-state index < -0.39 is 0 Å². The topological polar surface area (TPSA) is 38.2 Å². The minimum absolute atomic E-state index is 0.335. The largest absolute Gasteiger partial charge is 0.377 e. The molecule has 0 radical (unpaired) electrons. The van der Waals surface area contributed by atoms with E-state index in [1.165, 1.54) is 0 Å². The zero-order valence-electron chi connectivity index (χ0n) is 10.1. The van der Waals surface area contributed by atoms with Crippen LogP contribution in [0.5, 0.6) is 0 Å². The molecule has 1 aromatic heterocycles. The van der Waals surface area contributed by atoms with Gasteiger partial charge in [-0.3, -0.25) is 0 Å². The van der Waals surface area contributed by atoms with E-state index in [9.17, 15) is 0 Å².